The highest BCUT2D eigenvalue weighted by Gasteiger charge is 2.46. The predicted octanol–water partition coefficient (Wildman–Crippen LogP) is 14.9. The number of benzene rings is 6. The number of anilines is 6. The molecule has 1 aliphatic carbocycles. The van der Waals surface area contributed by atoms with Crippen molar-refractivity contribution in [1.29, 1.82) is 0 Å². The molecule has 0 unspecified atom stereocenters. The summed E-state index contributed by atoms with van der Waals surface area (Å²) in [4.78, 5) is 5.28. The van der Waals surface area contributed by atoms with Crippen LogP contribution in [0, 0.1) is 0 Å². The van der Waals surface area contributed by atoms with Crippen molar-refractivity contribution in [2.75, 3.05) is 9.80 Å². The van der Waals surface area contributed by atoms with Gasteiger partial charge in [0.1, 0.15) is 0 Å². The van der Waals surface area contributed by atoms with E-state index in [1.165, 1.54) is 112 Å². The van der Waals surface area contributed by atoms with E-state index >= 15 is 0 Å². The summed E-state index contributed by atoms with van der Waals surface area (Å²) in [6, 6.07) is 47.5. The van der Waals surface area contributed by atoms with Gasteiger partial charge in [-0.25, -0.2) is 0 Å². The second-order valence-electron chi connectivity index (χ2n) is 23.0. The molecule has 3 heterocycles. The summed E-state index contributed by atoms with van der Waals surface area (Å²) in [5.41, 5.74) is 20.1. The quantitative estimate of drug-likeness (QED) is 0.164. The zero-order chi connectivity index (χ0) is 43.9. The van der Waals surface area contributed by atoms with Crippen molar-refractivity contribution in [2.24, 2.45) is 0 Å². The molecule has 0 saturated carbocycles. The minimum Gasteiger partial charge on any atom is -0.311 e. The van der Waals surface area contributed by atoms with E-state index in [4.69, 9.17) is 0 Å². The Morgan fingerprint density at radius 2 is 1.10 bits per heavy atom. The van der Waals surface area contributed by atoms with E-state index in [-0.39, 0.29) is 33.8 Å². The van der Waals surface area contributed by atoms with Crippen LogP contribution in [0.4, 0.5) is 34.1 Å². The Morgan fingerprint density at radius 3 is 1.76 bits per heavy atom. The molecule has 2 nitrogen and oxygen atoms in total. The number of nitrogens with zero attached hydrogens (tertiary/aromatic N) is 2. The fourth-order valence-corrected chi connectivity index (χ4v) is 11.9. The number of rotatable bonds is 3. The lowest BCUT2D eigenvalue weighted by Gasteiger charge is -2.45. The van der Waals surface area contributed by atoms with E-state index in [9.17, 15) is 0 Å². The lowest BCUT2D eigenvalue weighted by atomic mass is 9.36. The van der Waals surface area contributed by atoms with Gasteiger partial charge in [-0.15, -0.1) is 11.3 Å². The molecule has 0 radical (unpaired) electrons. The first kappa shape index (κ1) is 41.0. The van der Waals surface area contributed by atoms with E-state index in [1.54, 1.807) is 0 Å². The van der Waals surface area contributed by atoms with E-state index < -0.39 is 0 Å². The molecule has 0 fully saturated rings. The van der Waals surface area contributed by atoms with Crippen LogP contribution in [0.3, 0.4) is 0 Å². The average Bonchev–Trinajstić information content (AvgIpc) is 3.60. The summed E-state index contributed by atoms with van der Waals surface area (Å²) in [7, 11) is 0. The highest BCUT2D eigenvalue weighted by molar-refractivity contribution is 7.33. The summed E-state index contributed by atoms with van der Waals surface area (Å²) in [6.45, 7) is 30.9. The summed E-state index contributed by atoms with van der Waals surface area (Å²) >= 11 is 2.00. The molecule has 62 heavy (non-hydrogen) atoms. The molecule has 0 spiro atoms. The Morgan fingerprint density at radius 1 is 0.516 bits per heavy atom. The van der Waals surface area contributed by atoms with Crippen LogP contribution >= 0.6 is 11.3 Å². The van der Waals surface area contributed by atoms with Crippen LogP contribution in [0.2, 0.25) is 0 Å². The summed E-state index contributed by atoms with van der Waals surface area (Å²) in [6.07, 6.45) is 2.38. The topological polar surface area (TPSA) is 6.48 Å². The Bertz CT molecular complexity index is 2930. The molecular formula is C58H63BN2S. The largest absolute Gasteiger partial charge is 0.311 e. The van der Waals surface area contributed by atoms with Crippen LogP contribution in [0.1, 0.15) is 131 Å². The first-order valence-electron chi connectivity index (χ1n) is 22.9. The number of hydrogen-bond acceptors (Lipinski definition) is 3. The zero-order valence-electron chi connectivity index (χ0n) is 39.3. The summed E-state index contributed by atoms with van der Waals surface area (Å²) in [5, 5.41) is 1.35. The molecule has 0 amide bonds. The van der Waals surface area contributed by atoms with Gasteiger partial charge < -0.3 is 9.80 Å². The predicted molar refractivity (Wildman–Crippen MR) is 273 cm³/mol. The van der Waals surface area contributed by atoms with Crippen LogP contribution in [0.25, 0.3) is 21.2 Å². The number of hydrogen-bond donors (Lipinski definition) is 0. The Balaban J connectivity index is 1.32. The van der Waals surface area contributed by atoms with Crippen molar-refractivity contribution in [1.82, 2.24) is 0 Å². The van der Waals surface area contributed by atoms with Gasteiger partial charge in [0.25, 0.3) is 6.71 Å². The van der Waals surface area contributed by atoms with Crippen molar-refractivity contribution in [3.8, 4) is 11.1 Å². The van der Waals surface area contributed by atoms with Gasteiger partial charge in [-0.05, 0) is 139 Å². The van der Waals surface area contributed by atoms with E-state index in [2.05, 4.69) is 221 Å². The SMILES string of the molecule is CC(C)(C)c1ccc2c(c1)B1c3sc4ccc(C(C)(C)C)cc4c3N(c3ccc4c(c3)C(C)(C)CCC4(C)C)c3cccc(c31)N2c1ccc(C(C)(C)C)cc1-c1ccccc1. The number of fused-ring (bicyclic) bond motifs is 7. The molecule has 10 rings (SSSR count). The Hall–Kier alpha value is -5.06. The molecule has 6 aromatic carbocycles. The van der Waals surface area contributed by atoms with E-state index in [1.807, 2.05) is 11.3 Å². The normalized spacial score (nSPS) is 16.5. The average molecular weight is 831 g/mol. The summed E-state index contributed by atoms with van der Waals surface area (Å²) in [5.74, 6) is 0. The molecule has 0 saturated heterocycles. The van der Waals surface area contributed by atoms with Gasteiger partial charge in [-0.1, -0.05) is 157 Å². The van der Waals surface area contributed by atoms with Crippen LogP contribution in [0.5, 0.6) is 0 Å². The molecule has 1 aromatic heterocycles. The maximum atomic E-state index is 2.67. The van der Waals surface area contributed by atoms with Gasteiger partial charge in [-0.3, -0.25) is 0 Å². The van der Waals surface area contributed by atoms with Crippen molar-refractivity contribution >= 4 is 78.0 Å². The van der Waals surface area contributed by atoms with Gasteiger partial charge in [0.15, 0.2) is 0 Å². The molecule has 7 aromatic rings. The van der Waals surface area contributed by atoms with Crippen LogP contribution in [-0.4, -0.2) is 6.71 Å². The Kier molecular flexibility index (Phi) is 9.07. The molecule has 314 valence electrons. The minimum atomic E-state index is -0.0156. The molecular weight excluding hydrogens is 768 g/mol. The molecule has 0 N–H and O–H groups in total. The van der Waals surface area contributed by atoms with Crippen molar-refractivity contribution in [3.63, 3.8) is 0 Å². The minimum absolute atomic E-state index is 0.00404. The second kappa shape index (κ2) is 13.7. The van der Waals surface area contributed by atoms with Gasteiger partial charge in [-0.2, -0.15) is 0 Å². The first-order chi connectivity index (χ1) is 29.1. The van der Waals surface area contributed by atoms with Crippen LogP contribution in [-0.2, 0) is 27.1 Å². The molecule has 0 bridgehead atoms. The first-order valence-corrected chi connectivity index (χ1v) is 23.7. The fraction of sp³-hybridized carbons (Fsp3) is 0.345. The van der Waals surface area contributed by atoms with Crippen molar-refractivity contribution < 1.29 is 0 Å². The third-order valence-electron chi connectivity index (χ3n) is 14.6. The fourth-order valence-electron chi connectivity index (χ4n) is 10.6. The number of thiophene rings is 1. The highest BCUT2D eigenvalue weighted by atomic mass is 32.1. The third kappa shape index (κ3) is 6.41. The summed E-state index contributed by atoms with van der Waals surface area (Å²) < 4.78 is 2.78. The zero-order valence-corrected chi connectivity index (χ0v) is 40.2. The maximum absolute atomic E-state index is 2.67. The van der Waals surface area contributed by atoms with Gasteiger partial charge in [0, 0.05) is 43.2 Å². The molecule has 3 aliphatic rings. The van der Waals surface area contributed by atoms with Crippen molar-refractivity contribution in [3.05, 3.63) is 149 Å². The monoisotopic (exact) mass is 830 g/mol. The van der Waals surface area contributed by atoms with E-state index in [0.29, 0.717) is 0 Å². The van der Waals surface area contributed by atoms with Crippen LogP contribution in [0.15, 0.2) is 121 Å². The third-order valence-corrected chi connectivity index (χ3v) is 15.8. The second-order valence-corrected chi connectivity index (χ2v) is 24.0. The molecule has 0 atom stereocenters. The Labute approximate surface area is 376 Å². The molecule has 4 heteroatoms. The lowest BCUT2D eigenvalue weighted by Crippen LogP contribution is -2.60. The van der Waals surface area contributed by atoms with Crippen LogP contribution < -0.4 is 25.5 Å². The van der Waals surface area contributed by atoms with Gasteiger partial charge >= 0.3 is 0 Å². The highest BCUT2D eigenvalue weighted by Crippen LogP contribution is 2.52. The maximum Gasteiger partial charge on any atom is 0.264 e. The smallest absolute Gasteiger partial charge is 0.264 e. The van der Waals surface area contributed by atoms with Gasteiger partial charge in [0.05, 0.1) is 11.4 Å². The van der Waals surface area contributed by atoms with Crippen molar-refractivity contribution in [2.45, 2.75) is 130 Å². The van der Waals surface area contributed by atoms with E-state index in [0.717, 1.165) is 0 Å². The molecule has 2 aliphatic heterocycles. The lowest BCUT2D eigenvalue weighted by molar-refractivity contribution is 0.332. The standard InChI is InChI=1S/C58H63BN2S/c1-54(2,3)37-22-27-46(41(32-37)36-18-15-14-16-19-36)61-47-28-23-39(56(7,8)9)34-45(47)59-51-48(20-17-21-49(51)61)60(40-25-26-43-44(35-40)58(12,13)31-30-57(43,10)11)52-42-33-38(55(4,5)6)24-29-50(42)62-53(52)59/h14-29,32-35H,30-31H2,1-13H3. The van der Waals surface area contributed by atoms with Gasteiger partial charge in [0.2, 0.25) is 0 Å².